The molecule has 25 heavy (non-hydrogen) atoms. The van der Waals surface area contributed by atoms with Crippen LogP contribution in [0.3, 0.4) is 0 Å². The van der Waals surface area contributed by atoms with E-state index in [2.05, 4.69) is 28.5 Å². The molecule has 0 fully saturated rings. The average Bonchev–Trinajstić information content (AvgIpc) is 3.15. The maximum absolute atomic E-state index is 5.86. The molecule has 0 saturated heterocycles. The van der Waals surface area contributed by atoms with Gasteiger partial charge >= 0.3 is 0 Å². The van der Waals surface area contributed by atoms with Gasteiger partial charge < -0.3 is 14.8 Å². The predicted octanol–water partition coefficient (Wildman–Crippen LogP) is 4.44. The lowest BCUT2D eigenvalue weighted by molar-refractivity contribution is 0.287. The van der Waals surface area contributed by atoms with Crippen LogP contribution in [-0.4, -0.2) is 12.1 Å². The van der Waals surface area contributed by atoms with Crippen molar-refractivity contribution in [1.82, 2.24) is 10.3 Å². The highest BCUT2D eigenvalue weighted by molar-refractivity contribution is 7.09. The Kier molecular flexibility index (Phi) is 7.73. The summed E-state index contributed by atoms with van der Waals surface area (Å²) in [7, 11) is 1.67. The molecule has 0 unspecified atom stereocenters. The number of nitrogens with zero attached hydrogens (tertiary/aromatic N) is 1. The van der Waals surface area contributed by atoms with Crippen LogP contribution in [0.15, 0.2) is 60.2 Å². The number of benzene rings is 1. The van der Waals surface area contributed by atoms with E-state index in [1.807, 2.05) is 35.8 Å². The molecule has 4 nitrogen and oxygen atoms in total. The first kappa shape index (κ1) is 19.2. The van der Waals surface area contributed by atoms with Crippen LogP contribution in [0.2, 0.25) is 0 Å². The van der Waals surface area contributed by atoms with Crippen molar-refractivity contribution in [3.8, 4) is 11.5 Å². The van der Waals surface area contributed by atoms with Crippen molar-refractivity contribution in [2.45, 2.75) is 19.7 Å². The van der Waals surface area contributed by atoms with Gasteiger partial charge in [0.05, 0.1) is 7.11 Å². The fourth-order valence-electron chi connectivity index (χ4n) is 2.34. The molecule has 0 aliphatic carbocycles. The van der Waals surface area contributed by atoms with Crippen LogP contribution in [0.1, 0.15) is 16.0 Å². The molecule has 2 heterocycles. The van der Waals surface area contributed by atoms with E-state index in [0.29, 0.717) is 6.61 Å². The summed E-state index contributed by atoms with van der Waals surface area (Å²) < 4.78 is 11.3. The van der Waals surface area contributed by atoms with Crippen LogP contribution >= 0.6 is 23.7 Å². The van der Waals surface area contributed by atoms with Gasteiger partial charge in [0, 0.05) is 30.4 Å². The van der Waals surface area contributed by atoms with Gasteiger partial charge in [-0.25, -0.2) is 0 Å². The smallest absolute Gasteiger partial charge is 0.161 e. The minimum atomic E-state index is 0. The molecule has 2 aromatic heterocycles. The predicted molar refractivity (Wildman–Crippen MR) is 104 cm³/mol. The molecule has 132 valence electrons. The van der Waals surface area contributed by atoms with Crippen molar-refractivity contribution in [2.24, 2.45) is 0 Å². The van der Waals surface area contributed by atoms with Gasteiger partial charge in [-0.15, -0.1) is 23.7 Å². The second-order valence-electron chi connectivity index (χ2n) is 5.32. The van der Waals surface area contributed by atoms with Crippen molar-refractivity contribution in [3.05, 3.63) is 76.2 Å². The third-order valence-electron chi connectivity index (χ3n) is 3.56. The summed E-state index contributed by atoms with van der Waals surface area (Å²) in [5.41, 5.74) is 2.32. The lowest BCUT2D eigenvalue weighted by Crippen LogP contribution is -2.12. The topological polar surface area (TPSA) is 43.4 Å². The zero-order valence-electron chi connectivity index (χ0n) is 14.0. The lowest BCUT2D eigenvalue weighted by atomic mass is 10.2. The lowest BCUT2D eigenvalue weighted by Gasteiger charge is -2.12. The zero-order chi connectivity index (χ0) is 16.6. The zero-order valence-corrected chi connectivity index (χ0v) is 15.6. The normalized spacial score (nSPS) is 10.1. The van der Waals surface area contributed by atoms with Crippen LogP contribution < -0.4 is 14.8 Å². The SMILES string of the molecule is COc1cc(CNCc2cccnc2)ccc1OCc1cccs1.Cl. The summed E-state index contributed by atoms with van der Waals surface area (Å²) >= 11 is 1.69. The molecular weight excluding hydrogens is 356 g/mol. The monoisotopic (exact) mass is 376 g/mol. The average molecular weight is 377 g/mol. The molecule has 1 N–H and O–H groups in total. The Hall–Kier alpha value is -2.08. The number of methoxy groups -OCH3 is 1. The highest BCUT2D eigenvalue weighted by Crippen LogP contribution is 2.29. The maximum atomic E-state index is 5.86. The molecule has 0 amide bonds. The van der Waals surface area contributed by atoms with Gasteiger partial charge in [0.15, 0.2) is 11.5 Å². The van der Waals surface area contributed by atoms with Gasteiger partial charge in [-0.05, 0) is 40.8 Å². The number of pyridine rings is 1. The number of aromatic nitrogens is 1. The van der Waals surface area contributed by atoms with Gasteiger partial charge in [-0.2, -0.15) is 0 Å². The summed E-state index contributed by atoms with van der Waals surface area (Å²) in [6.45, 7) is 2.11. The molecule has 0 bridgehead atoms. The summed E-state index contributed by atoms with van der Waals surface area (Å²) in [4.78, 5) is 5.31. The van der Waals surface area contributed by atoms with Crippen LogP contribution in [0.4, 0.5) is 0 Å². The summed E-state index contributed by atoms with van der Waals surface area (Å²) in [6, 6.07) is 14.1. The fourth-order valence-corrected chi connectivity index (χ4v) is 2.95. The molecule has 3 rings (SSSR count). The highest BCUT2D eigenvalue weighted by Gasteiger charge is 2.06. The van der Waals surface area contributed by atoms with Crippen molar-refractivity contribution >= 4 is 23.7 Å². The first-order valence-corrected chi connectivity index (χ1v) is 8.65. The quantitative estimate of drug-likeness (QED) is 0.631. The number of rotatable bonds is 8. The van der Waals surface area contributed by atoms with Crippen molar-refractivity contribution in [1.29, 1.82) is 0 Å². The molecule has 6 heteroatoms. The summed E-state index contributed by atoms with van der Waals surface area (Å²) in [5.74, 6) is 1.52. The van der Waals surface area contributed by atoms with Gasteiger partial charge in [-0.1, -0.05) is 18.2 Å². The maximum Gasteiger partial charge on any atom is 0.161 e. The molecule has 0 radical (unpaired) electrons. The largest absolute Gasteiger partial charge is 0.493 e. The fraction of sp³-hybridized carbons (Fsp3) is 0.211. The standard InChI is InChI=1S/C19H20N2O2S.ClH/c1-22-19-10-15(11-21-13-16-4-2-8-20-12-16)6-7-18(19)23-14-17-5-3-9-24-17;/h2-10,12,21H,11,13-14H2,1H3;1H. The number of hydrogen-bond acceptors (Lipinski definition) is 5. The van der Waals surface area contributed by atoms with E-state index in [0.717, 1.165) is 30.2 Å². The minimum absolute atomic E-state index is 0. The number of ether oxygens (including phenoxy) is 2. The molecule has 1 aromatic carbocycles. The molecule has 0 aliphatic heterocycles. The molecular formula is C19H21ClN2O2S. The van der Waals surface area contributed by atoms with E-state index in [1.54, 1.807) is 24.6 Å². The van der Waals surface area contributed by atoms with Crippen LogP contribution in [-0.2, 0) is 19.7 Å². The number of nitrogens with one attached hydrogen (secondary N) is 1. The van der Waals surface area contributed by atoms with E-state index in [4.69, 9.17) is 9.47 Å². The molecule has 0 atom stereocenters. The second-order valence-corrected chi connectivity index (χ2v) is 6.35. The Morgan fingerprint density at radius 2 is 1.92 bits per heavy atom. The van der Waals surface area contributed by atoms with Crippen LogP contribution in [0.25, 0.3) is 0 Å². The summed E-state index contributed by atoms with van der Waals surface area (Å²) in [5, 5.41) is 5.46. The van der Waals surface area contributed by atoms with E-state index < -0.39 is 0 Å². The van der Waals surface area contributed by atoms with Crippen LogP contribution in [0.5, 0.6) is 11.5 Å². The highest BCUT2D eigenvalue weighted by atomic mass is 35.5. The van der Waals surface area contributed by atoms with Crippen molar-refractivity contribution < 1.29 is 9.47 Å². The number of hydrogen-bond donors (Lipinski definition) is 1. The molecule has 0 spiro atoms. The minimum Gasteiger partial charge on any atom is -0.493 e. The van der Waals surface area contributed by atoms with E-state index in [-0.39, 0.29) is 12.4 Å². The molecule has 3 aromatic rings. The molecule has 0 saturated carbocycles. The van der Waals surface area contributed by atoms with Gasteiger partial charge in [0.2, 0.25) is 0 Å². The first-order chi connectivity index (χ1) is 11.8. The van der Waals surface area contributed by atoms with E-state index in [9.17, 15) is 0 Å². The van der Waals surface area contributed by atoms with E-state index in [1.165, 1.54) is 10.4 Å². The Balaban J connectivity index is 0.00000225. The van der Waals surface area contributed by atoms with Gasteiger partial charge in [0.1, 0.15) is 6.61 Å². The third-order valence-corrected chi connectivity index (χ3v) is 4.41. The Bertz CT molecular complexity index is 751. The Morgan fingerprint density at radius 3 is 2.64 bits per heavy atom. The first-order valence-electron chi connectivity index (χ1n) is 7.77. The van der Waals surface area contributed by atoms with Crippen LogP contribution in [0, 0.1) is 0 Å². The van der Waals surface area contributed by atoms with E-state index >= 15 is 0 Å². The third kappa shape index (κ3) is 5.74. The molecule has 0 aliphatic rings. The number of halogens is 1. The summed E-state index contributed by atoms with van der Waals surface area (Å²) in [6.07, 6.45) is 3.65. The van der Waals surface area contributed by atoms with Crippen molar-refractivity contribution in [2.75, 3.05) is 7.11 Å². The van der Waals surface area contributed by atoms with Gasteiger partial charge in [0.25, 0.3) is 0 Å². The number of thiophene rings is 1. The van der Waals surface area contributed by atoms with Gasteiger partial charge in [-0.3, -0.25) is 4.98 Å². The second kappa shape index (κ2) is 10.0. The Morgan fingerprint density at radius 1 is 1.04 bits per heavy atom. The van der Waals surface area contributed by atoms with Crippen molar-refractivity contribution in [3.63, 3.8) is 0 Å². The Labute approximate surface area is 158 Å².